The summed E-state index contributed by atoms with van der Waals surface area (Å²) < 4.78 is 6.43. The van der Waals surface area contributed by atoms with Crippen LogP contribution < -0.4 is 12.4 Å². The van der Waals surface area contributed by atoms with E-state index in [1.807, 2.05) is 0 Å². The highest BCUT2D eigenvalue weighted by molar-refractivity contribution is 6.29. The van der Waals surface area contributed by atoms with Gasteiger partial charge in [-0.1, -0.05) is 87.2 Å². The second-order valence-corrected chi connectivity index (χ2v) is 10.6. The predicted molar refractivity (Wildman–Crippen MR) is 141 cm³/mol. The van der Waals surface area contributed by atoms with Gasteiger partial charge in [0.1, 0.15) is 0 Å². The molecule has 0 saturated carbocycles. The second-order valence-electron chi connectivity index (χ2n) is 10.1. The van der Waals surface area contributed by atoms with Gasteiger partial charge in [-0.3, -0.25) is 0 Å². The molecule has 0 aliphatic carbocycles. The lowest BCUT2D eigenvalue weighted by atomic mass is 10.0. The van der Waals surface area contributed by atoms with Gasteiger partial charge in [0, 0.05) is 11.5 Å². The van der Waals surface area contributed by atoms with Crippen LogP contribution in [-0.4, -0.2) is 43.2 Å². The summed E-state index contributed by atoms with van der Waals surface area (Å²) in [5.41, 5.74) is 3.84. The quantitative estimate of drug-likeness (QED) is 0.194. The van der Waals surface area contributed by atoms with Gasteiger partial charge in [0.25, 0.3) is 0 Å². The summed E-state index contributed by atoms with van der Waals surface area (Å²) in [5, 5.41) is 0.873. The summed E-state index contributed by atoms with van der Waals surface area (Å²) in [5.74, 6) is -0.0428. The van der Waals surface area contributed by atoms with Crippen molar-refractivity contribution in [2.75, 3.05) is 32.8 Å². The molecule has 0 unspecified atom stereocenters. The number of aryl methyl sites for hydroxylation is 2. The van der Waals surface area contributed by atoms with E-state index in [0.29, 0.717) is 13.2 Å². The largest absolute Gasteiger partial charge is 1.00 e. The Kier molecular flexibility index (Phi) is 15.9. The highest BCUT2D eigenvalue weighted by Crippen LogP contribution is 2.22. The lowest BCUT2D eigenvalue weighted by molar-refractivity contribution is -0.920. The Morgan fingerprint density at radius 1 is 1.00 bits per heavy atom. The maximum absolute atomic E-state index is 12.6. The highest BCUT2D eigenvalue weighted by Gasteiger charge is 2.32. The molecule has 0 spiro atoms. The van der Waals surface area contributed by atoms with E-state index in [4.69, 9.17) is 16.3 Å². The van der Waals surface area contributed by atoms with Crippen molar-refractivity contribution >= 4 is 17.6 Å². The van der Waals surface area contributed by atoms with E-state index in [9.17, 15) is 4.79 Å². The van der Waals surface area contributed by atoms with Crippen LogP contribution in [0.4, 0.5) is 0 Å². The Bertz CT molecular complexity index is 742. The zero-order valence-corrected chi connectivity index (χ0v) is 23.4. The van der Waals surface area contributed by atoms with Crippen LogP contribution in [0.5, 0.6) is 0 Å². The molecule has 0 bridgehead atoms. The van der Waals surface area contributed by atoms with E-state index in [-0.39, 0.29) is 18.4 Å². The van der Waals surface area contributed by atoms with Gasteiger partial charge in [-0.2, -0.15) is 0 Å². The summed E-state index contributed by atoms with van der Waals surface area (Å²) >= 11 is 6.65. The molecule has 0 radical (unpaired) electrons. The molecule has 5 heteroatoms. The van der Waals surface area contributed by atoms with Gasteiger partial charge in [0.15, 0.2) is 6.54 Å². The van der Waals surface area contributed by atoms with Crippen molar-refractivity contribution in [2.24, 2.45) is 0 Å². The molecule has 2 rings (SSSR count). The first kappa shape index (κ1) is 31.0. The topological polar surface area (TPSA) is 26.3 Å². The third-order valence-corrected chi connectivity index (χ3v) is 7.34. The minimum atomic E-state index is -0.0428. The standard InChI is InChI=1S/C29H47ClNO2.ClH/c1-4-5-6-7-8-9-10-14-21-33-29(32)24-31(18-12-11-13-19-31)20-17-28(30)23-27-16-15-25(2)22-26(27)3;/h15-17,22H,4-14,18-21,23-24H2,1-3H3;1H/q+1;/p-1. The Labute approximate surface area is 220 Å². The summed E-state index contributed by atoms with van der Waals surface area (Å²) in [6.07, 6.45) is 16.6. The molecule has 1 aromatic carbocycles. The molecule has 0 atom stereocenters. The number of esters is 1. The third kappa shape index (κ3) is 12.1. The number of quaternary nitrogens is 1. The van der Waals surface area contributed by atoms with Gasteiger partial charge in [0.2, 0.25) is 0 Å². The molecule has 0 aromatic heterocycles. The molecule has 1 aliphatic heterocycles. The smallest absolute Gasteiger partial charge is 0.361 e. The molecule has 34 heavy (non-hydrogen) atoms. The monoisotopic (exact) mass is 511 g/mol. The lowest BCUT2D eigenvalue weighted by Crippen LogP contribution is -3.00. The van der Waals surface area contributed by atoms with Crippen molar-refractivity contribution in [2.45, 2.75) is 97.8 Å². The van der Waals surface area contributed by atoms with Crippen molar-refractivity contribution in [1.29, 1.82) is 0 Å². The van der Waals surface area contributed by atoms with E-state index in [2.05, 4.69) is 45.0 Å². The Hall–Kier alpha value is -1.03. The van der Waals surface area contributed by atoms with E-state index in [0.717, 1.165) is 48.4 Å². The number of piperidine rings is 1. The number of hydrogen-bond donors (Lipinski definition) is 0. The zero-order valence-electron chi connectivity index (χ0n) is 21.8. The van der Waals surface area contributed by atoms with E-state index >= 15 is 0 Å². The van der Waals surface area contributed by atoms with Gasteiger partial charge >= 0.3 is 5.97 Å². The first-order chi connectivity index (χ1) is 15.9. The minimum Gasteiger partial charge on any atom is -1.00 e. The van der Waals surface area contributed by atoms with E-state index in [1.165, 1.54) is 74.5 Å². The SMILES string of the molecule is CCCCCCCCCCOC(=O)C[N+]1(CC=C(Cl)Cc2ccc(C)cc2C)CCCCC1.[Cl-]. The number of rotatable bonds is 15. The van der Waals surface area contributed by atoms with E-state index in [1.54, 1.807) is 0 Å². The number of likely N-dealkylation sites (tertiary alicyclic amines) is 1. The number of carbonyl (C=O) groups is 1. The van der Waals surface area contributed by atoms with Gasteiger partial charge in [-0.25, -0.2) is 4.79 Å². The Morgan fingerprint density at radius 3 is 2.29 bits per heavy atom. The number of hydrogen-bond acceptors (Lipinski definition) is 2. The van der Waals surface area contributed by atoms with Gasteiger partial charge in [-0.15, -0.1) is 0 Å². The number of halogens is 2. The average molecular weight is 513 g/mol. The number of allylic oxidation sites excluding steroid dienone is 1. The number of benzene rings is 1. The molecule has 0 amide bonds. The van der Waals surface area contributed by atoms with Gasteiger partial charge in [0.05, 0.1) is 26.2 Å². The molecule has 1 aromatic rings. The summed E-state index contributed by atoms with van der Waals surface area (Å²) in [7, 11) is 0. The minimum absolute atomic E-state index is 0. The predicted octanol–water partition coefficient (Wildman–Crippen LogP) is 4.66. The maximum atomic E-state index is 12.6. The van der Waals surface area contributed by atoms with Crippen molar-refractivity contribution in [3.8, 4) is 0 Å². The third-order valence-electron chi connectivity index (χ3n) is 7.05. The lowest BCUT2D eigenvalue weighted by Gasteiger charge is -2.40. The van der Waals surface area contributed by atoms with Crippen LogP contribution >= 0.6 is 11.6 Å². The van der Waals surface area contributed by atoms with Crippen LogP contribution in [0.3, 0.4) is 0 Å². The normalized spacial score (nSPS) is 15.6. The average Bonchev–Trinajstić information content (AvgIpc) is 2.79. The molecule has 1 saturated heterocycles. The zero-order chi connectivity index (χ0) is 23.9. The molecule has 1 fully saturated rings. The summed E-state index contributed by atoms with van der Waals surface area (Å²) in [4.78, 5) is 12.6. The van der Waals surface area contributed by atoms with Crippen LogP contribution in [0.2, 0.25) is 0 Å². The Morgan fingerprint density at radius 2 is 1.65 bits per heavy atom. The van der Waals surface area contributed by atoms with Crippen molar-refractivity contribution in [3.05, 3.63) is 46.0 Å². The summed E-state index contributed by atoms with van der Waals surface area (Å²) in [6.45, 7) is 10.4. The highest BCUT2D eigenvalue weighted by atomic mass is 35.5. The molecule has 1 heterocycles. The molecular formula is C29H47Cl2NO2. The van der Waals surface area contributed by atoms with Crippen LogP contribution in [0.1, 0.15) is 94.2 Å². The van der Waals surface area contributed by atoms with Gasteiger partial charge < -0.3 is 21.6 Å². The summed E-state index contributed by atoms with van der Waals surface area (Å²) in [6, 6.07) is 6.53. The first-order valence-electron chi connectivity index (χ1n) is 13.4. The molecular weight excluding hydrogens is 465 g/mol. The number of ether oxygens (including phenoxy) is 1. The molecule has 1 aliphatic rings. The number of unbranched alkanes of at least 4 members (excludes halogenated alkanes) is 7. The fraction of sp³-hybridized carbons (Fsp3) is 0.690. The van der Waals surface area contributed by atoms with Crippen molar-refractivity contribution < 1.29 is 26.4 Å². The number of carbonyl (C=O) groups excluding carboxylic acids is 1. The molecule has 0 N–H and O–H groups in total. The van der Waals surface area contributed by atoms with Crippen LogP contribution in [-0.2, 0) is 16.0 Å². The van der Waals surface area contributed by atoms with Crippen molar-refractivity contribution in [1.82, 2.24) is 0 Å². The molecule has 3 nitrogen and oxygen atoms in total. The maximum Gasteiger partial charge on any atom is 0.361 e. The fourth-order valence-electron chi connectivity index (χ4n) is 4.92. The fourth-order valence-corrected chi connectivity index (χ4v) is 5.13. The number of nitrogens with zero attached hydrogens (tertiary/aromatic N) is 1. The molecule has 194 valence electrons. The second kappa shape index (κ2) is 17.4. The van der Waals surface area contributed by atoms with E-state index < -0.39 is 0 Å². The van der Waals surface area contributed by atoms with Crippen molar-refractivity contribution in [3.63, 3.8) is 0 Å². The van der Waals surface area contributed by atoms with Crippen LogP contribution in [0.25, 0.3) is 0 Å². The van der Waals surface area contributed by atoms with Crippen LogP contribution in [0, 0.1) is 13.8 Å². The Balaban J connectivity index is 0.00000578. The van der Waals surface area contributed by atoms with Gasteiger partial charge in [-0.05, 0) is 56.7 Å². The van der Waals surface area contributed by atoms with Crippen LogP contribution in [0.15, 0.2) is 29.3 Å². The first-order valence-corrected chi connectivity index (χ1v) is 13.7.